The predicted molar refractivity (Wildman–Crippen MR) is 88.8 cm³/mol. The first-order chi connectivity index (χ1) is 11.6. The van der Waals surface area contributed by atoms with E-state index in [1.165, 1.54) is 19.3 Å². The van der Waals surface area contributed by atoms with Crippen molar-refractivity contribution in [2.24, 2.45) is 0 Å². The molecular formula is C18H14N3O3-. The van der Waals surface area contributed by atoms with Crippen LogP contribution in [0.25, 0.3) is 11.0 Å². The quantitative estimate of drug-likeness (QED) is 0.263. The molecule has 0 aliphatic rings. The summed E-state index contributed by atoms with van der Waals surface area (Å²) in [6.07, 6.45) is 2.60. The maximum absolute atomic E-state index is 11.6. The van der Waals surface area contributed by atoms with Crippen LogP contribution in [0.2, 0.25) is 0 Å². The van der Waals surface area contributed by atoms with Crippen molar-refractivity contribution in [1.82, 2.24) is 0 Å². The third-order valence-electron chi connectivity index (χ3n) is 2.93. The summed E-state index contributed by atoms with van der Waals surface area (Å²) in [4.78, 5) is 11.6. The maximum Gasteiger partial charge on any atom is 0.348 e. The maximum atomic E-state index is 11.6. The topological polar surface area (TPSA) is 105 Å². The molecule has 0 bridgehead atoms. The Balaban J connectivity index is 3.38. The van der Waals surface area contributed by atoms with Gasteiger partial charge in [-0.2, -0.15) is 10.5 Å². The lowest BCUT2D eigenvalue weighted by Crippen LogP contribution is -2.05. The number of rotatable bonds is 6. The average Bonchev–Trinajstić information content (AvgIpc) is 2.62. The minimum Gasteiger partial charge on any atom is -0.762 e. The van der Waals surface area contributed by atoms with Gasteiger partial charge in [-0.3, -0.25) is 0 Å². The Kier molecular flexibility index (Phi) is 7.24. The summed E-state index contributed by atoms with van der Waals surface area (Å²) < 4.78 is 9.83. The van der Waals surface area contributed by atoms with E-state index in [2.05, 4.69) is 0 Å². The summed E-state index contributed by atoms with van der Waals surface area (Å²) in [5, 5.41) is 27.3. The van der Waals surface area contributed by atoms with Crippen molar-refractivity contribution in [3.05, 3.63) is 58.5 Å². The van der Waals surface area contributed by atoms with Gasteiger partial charge in [0.2, 0.25) is 0 Å². The molecule has 6 nitrogen and oxygen atoms in total. The van der Waals surface area contributed by atoms with Gasteiger partial charge in [0.05, 0.1) is 19.3 Å². The molecule has 0 saturated heterocycles. The van der Waals surface area contributed by atoms with Crippen LogP contribution in [-0.4, -0.2) is 25.6 Å². The van der Waals surface area contributed by atoms with Gasteiger partial charge in [-0.25, -0.2) is 10.7 Å². The van der Waals surface area contributed by atoms with Crippen LogP contribution in [0.1, 0.15) is 12.5 Å². The van der Waals surface area contributed by atoms with Crippen LogP contribution in [0, 0.1) is 22.7 Å². The van der Waals surface area contributed by atoms with Gasteiger partial charge in [0.1, 0.15) is 23.5 Å². The van der Waals surface area contributed by atoms with Gasteiger partial charge in [-0.05, 0) is 30.7 Å². The molecule has 6 heteroatoms. The fraction of sp³-hybridized carbons (Fsp3) is 0.167. The molecular weight excluding hydrogens is 306 g/mol. The average molecular weight is 320 g/mol. The number of carbonyl (C=O) groups excluding carboxylic acids is 1. The van der Waals surface area contributed by atoms with E-state index in [0.29, 0.717) is 16.9 Å². The van der Waals surface area contributed by atoms with Crippen molar-refractivity contribution in [2.45, 2.75) is 6.92 Å². The predicted octanol–water partition coefficient (Wildman–Crippen LogP) is 2.78. The Morgan fingerprint density at radius 1 is 1.21 bits per heavy atom. The largest absolute Gasteiger partial charge is 0.762 e. The molecule has 0 aliphatic carbocycles. The van der Waals surface area contributed by atoms with Crippen molar-refractivity contribution in [3.8, 4) is 17.9 Å². The monoisotopic (exact) mass is 320 g/mol. The van der Waals surface area contributed by atoms with Crippen LogP contribution in [-0.2, 0) is 9.53 Å². The SMILES string of the molecule is CCOC(=O)/C(C#N)=C/C=C(\C(=C=[N-])C#N)c1ccc(OC)cc1. The van der Waals surface area contributed by atoms with E-state index in [4.69, 9.17) is 25.4 Å². The third-order valence-corrected chi connectivity index (χ3v) is 2.93. The molecule has 24 heavy (non-hydrogen) atoms. The number of hydrogen-bond donors (Lipinski definition) is 0. The zero-order valence-corrected chi connectivity index (χ0v) is 13.2. The van der Waals surface area contributed by atoms with Gasteiger partial charge in [0.15, 0.2) is 0 Å². The van der Waals surface area contributed by atoms with Crippen LogP contribution >= 0.6 is 0 Å². The Labute approximate surface area is 140 Å². The summed E-state index contributed by atoms with van der Waals surface area (Å²) in [5.74, 6) is 1.66. The second-order valence-electron chi connectivity index (χ2n) is 4.32. The van der Waals surface area contributed by atoms with Crippen LogP contribution in [0.15, 0.2) is 47.6 Å². The van der Waals surface area contributed by atoms with E-state index in [-0.39, 0.29) is 17.8 Å². The first-order valence-corrected chi connectivity index (χ1v) is 6.92. The van der Waals surface area contributed by atoms with Crippen LogP contribution in [0.4, 0.5) is 0 Å². The van der Waals surface area contributed by atoms with Gasteiger partial charge in [0, 0.05) is 5.57 Å². The number of ether oxygens (including phenoxy) is 2. The van der Waals surface area contributed by atoms with E-state index in [9.17, 15) is 4.79 Å². The molecule has 0 spiro atoms. The zero-order chi connectivity index (χ0) is 17.9. The third kappa shape index (κ3) is 4.71. The van der Waals surface area contributed by atoms with E-state index >= 15 is 0 Å². The van der Waals surface area contributed by atoms with Crippen LogP contribution in [0.3, 0.4) is 0 Å². The molecule has 1 aromatic carbocycles. The highest BCUT2D eigenvalue weighted by Crippen LogP contribution is 2.24. The minimum absolute atomic E-state index is 0.140. The van der Waals surface area contributed by atoms with E-state index in [0.717, 1.165) is 0 Å². The Hall–Kier alpha value is -3.60. The van der Waals surface area contributed by atoms with Crippen LogP contribution < -0.4 is 4.74 Å². The number of methoxy groups -OCH3 is 1. The van der Waals surface area contributed by atoms with Crippen molar-refractivity contribution >= 4 is 17.4 Å². The van der Waals surface area contributed by atoms with Crippen molar-refractivity contribution in [2.75, 3.05) is 13.7 Å². The minimum atomic E-state index is -0.763. The standard InChI is InChI=1S/C18H14N3O3/c1-3-24-18(22)14(10-19)6-9-17(15(11-20)12-21)13-4-7-16(23-2)8-5-13/h4-9H,3H2,1-2H3/q-1/b14-6+,17-9-. The zero-order valence-electron chi connectivity index (χ0n) is 13.2. The summed E-state index contributed by atoms with van der Waals surface area (Å²) >= 11 is 0. The van der Waals surface area contributed by atoms with E-state index in [1.807, 2.05) is 0 Å². The lowest BCUT2D eigenvalue weighted by Gasteiger charge is -2.07. The first-order valence-electron chi connectivity index (χ1n) is 6.92. The molecule has 0 aromatic heterocycles. The molecule has 0 heterocycles. The van der Waals surface area contributed by atoms with Gasteiger partial charge < -0.3 is 14.9 Å². The number of nitrogens with zero attached hydrogens (tertiary/aromatic N) is 3. The smallest absolute Gasteiger partial charge is 0.348 e. The molecule has 0 amide bonds. The molecule has 1 aromatic rings. The highest BCUT2D eigenvalue weighted by molar-refractivity contribution is 5.96. The molecule has 0 unspecified atom stereocenters. The second kappa shape index (κ2) is 9.42. The van der Waals surface area contributed by atoms with E-state index < -0.39 is 5.97 Å². The Bertz CT molecular complexity index is 799. The normalized spacial score (nSPS) is 10.8. The molecule has 1 rings (SSSR count). The summed E-state index contributed by atoms with van der Waals surface area (Å²) in [6.45, 7) is 1.77. The highest BCUT2D eigenvalue weighted by Gasteiger charge is 2.10. The van der Waals surface area contributed by atoms with Crippen molar-refractivity contribution < 1.29 is 14.3 Å². The molecule has 120 valence electrons. The molecule has 0 N–H and O–H groups in total. The Morgan fingerprint density at radius 2 is 1.88 bits per heavy atom. The van der Waals surface area contributed by atoms with Gasteiger partial charge in [0.25, 0.3) is 0 Å². The highest BCUT2D eigenvalue weighted by atomic mass is 16.5. The number of benzene rings is 1. The number of esters is 1. The van der Waals surface area contributed by atoms with Crippen molar-refractivity contribution in [1.29, 1.82) is 10.5 Å². The summed E-state index contributed by atoms with van der Waals surface area (Å²) in [7, 11) is 1.52. The van der Waals surface area contributed by atoms with Crippen LogP contribution in [0.5, 0.6) is 5.75 Å². The number of nitriles is 2. The van der Waals surface area contributed by atoms with Gasteiger partial charge in [-0.1, -0.05) is 18.2 Å². The van der Waals surface area contributed by atoms with Gasteiger partial charge in [-0.15, -0.1) is 0 Å². The van der Waals surface area contributed by atoms with Gasteiger partial charge >= 0.3 is 5.97 Å². The molecule has 0 radical (unpaired) electrons. The number of allylic oxidation sites excluding steroid dienone is 4. The second-order valence-corrected chi connectivity index (χ2v) is 4.32. The molecule has 0 fully saturated rings. The number of hydrogen-bond acceptors (Lipinski definition) is 5. The molecule has 0 atom stereocenters. The fourth-order valence-electron chi connectivity index (χ4n) is 1.77. The number of carbonyl (C=O) groups is 1. The summed E-state index contributed by atoms with van der Waals surface area (Å²) in [5.41, 5.74) is 0.502. The lowest BCUT2D eigenvalue weighted by atomic mass is 9.98. The summed E-state index contributed by atoms with van der Waals surface area (Å²) in [6, 6.07) is 10.2. The first kappa shape index (κ1) is 18.4. The van der Waals surface area contributed by atoms with E-state index in [1.54, 1.807) is 49.2 Å². The van der Waals surface area contributed by atoms with Crippen molar-refractivity contribution in [3.63, 3.8) is 0 Å². The lowest BCUT2D eigenvalue weighted by molar-refractivity contribution is -0.138. The molecule has 0 saturated carbocycles. The fourth-order valence-corrected chi connectivity index (χ4v) is 1.77. The molecule has 0 aliphatic heterocycles. The Morgan fingerprint density at radius 3 is 2.33 bits per heavy atom.